The summed E-state index contributed by atoms with van der Waals surface area (Å²) in [7, 11) is -3.64. The Morgan fingerprint density at radius 3 is 2.59 bits per heavy atom. The smallest absolute Gasteiger partial charge is 0.394 e. The number of alkyl halides is 3. The van der Waals surface area contributed by atoms with Crippen molar-refractivity contribution in [2.24, 2.45) is 0 Å². The van der Waals surface area contributed by atoms with Crippen LogP contribution >= 0.6 is 11.6 Å². The summed E-state index contributed by atoms with van der Waals surface area (Å²) in [6.45, 7) is 0.760. The Morgan fingerprint density at radius 2 is 2.00 bits per heavy atom. The minimum Gasteiger partial charge on any atom is -0.492 e. The number of hydrogen-bond acceptors (Lipinski definition) is 5. The van der Waals surface area contributed by atoms with E-state index in [1.165, 1.54) is 12.1 Å². The lowest BCUT2D eigenvalue weighted by atomic mass is 9.92. The first-order chi connectivity index (χ1) is 13.6. The molecule has 1 heterocycles. The van der Waals surface area contributed by atoms with Gasteiger partial charge in [-0.05, 0) is 34.9 Å². The zero-order chi connectivity index (χ0) is 21.2. The summed E-state index contributed by atoms with van der Waals surface area (Å²) >= 11 is 5.43. The van der Waals surface area contributed by atoms with Crippen LogP contribution in [0.4, 0.5) is 8.78 Å². The van der Waals surface area contributed by atoms with Crippen LogP contribution in [0.3, 0.4) is 0 Å². The topological polar surface area (TPSA) is 84.9 Å². The van der Waals surface area contributed by atoms with E-state index in [1.54, 1.807) is 18.2 Å². The van der Waals surface area contributed by atoms with Crippen LogP contribution in [0.2, 0.25) is 0 Å². The molecule has 0 aliphatic carbocycles. The van der Waals surface area contributed by atoms with Gasteiger partial charge in [0.2, 0.25) is 10.0 Å². The molecule has 158 valence electrons. The number of fused-ring (bicyclic) bond motifs is 1. The molecule has 0 bridgehead atoms. The summed E-state index contributed by atoms with van der Waals surface area (Å²) in [6.07, 6.45) is -2.72. The van der Waals surface area contributed by atoms with Gasteiger partial charge in [-0.1, -0.05) is 12.1 Å². The van der Waals surface area contributed by atoms with E-state index in [-0.39, 0.29) is 18.9 Å². The Labute approximate surface area is 172 Å². The predicted octanol–water partition coefficient (Wildman–Crippen LogP) is 3.39. The highest BCUT2D eigenvalue weighted by Crippen LogP contribution is 2.41. The van der Waals surface area contributed by atoms with Crippen LogP contribution in [0.5, 0.6) is 11.5 Å². The van der Waals surface area contributed by atoms with Crippen molar-refractivity contribution in [2.45, 2.75) is 32.6 Å². The third kappa shape index (κ3) is 5.16. The lowest BCUT2D eigenvalue weighted by Gasteiger charge is -2.17. The molecule has 0 saturated heterocycles. The number of hydrogen-bond donors (Lipinski definition) is 2. The van der Waals surface area contributed by atoms with Crippen molar-refractivity contribution in [3.63, 3.8) is 0 Å². The maximum atomic E-state index is 13.0. The van der Waals surface area contributed by atoms with Gasteiger partial charge in [0.05, 0.1) is 13.2 Å². The van der Waals surface area contributed by atoms with Crippen molar-refractivity contribution in [1.82, 2.24) is 4.72 Å². The fraction of sp³-hybridized carbons (Fsp3) is 0.368. The monoisotopic (exact) mass is 447 g/mol. The lowest BCUT2D eigenvalue weighted by molar-refractivity contribution is -0.158. The Hall–Kier alpha value is -1.94. The highest BCUT2D eigenvalue weighted by atomic mass is 35.5. The van der Waals surface area contributed by atoms with Crippen LogP contribution < -0.4 is 14.2 Å². The van der Waals surface area contributed by atoms with Crippen LogP contribution in [-0.2, 0) is 29.6 Å². The highest BCUT2D eigenvalue weighted by Gasteiger charge is 2.25. The number of rotatable bonds is 8. The molecule has 0 atom stereocenters. The Balaban J connectivity index is 2.00. The molecule has 6 nitrogen and oxygen atoms in total. The van der Waals surface area contributed by atoms with Gasteiger partial charge in [0.15, 0.2) is 0 Å². The molecule has 10 heteroatoms. The Morgan fingerprint density at radius 1 is 1.31 bits per heavy atom. The fourth-order valence-electron chi connectivity index (χ4n) is 3.21. The minimum absolute atomic E-state index is 0.0147. The first-order valence-corrected chi connectivity index (χ1v) is 10.9. The van der Waals surface area contributed by atoms with Gasteiger partial charge in [0.1, 0.15) is 16.7 Å². The van der Waals surface area contributed by atoms with E-state index in [0.29, 0.717) is 48.0 Å². The summed E-state index contributed by atoms with van der Waals surface area (Å²) in [5, 5.41) is 9.25. The van der Waals surface area contributed by atoms with Crippen molar-refractivity contribution in [1.29, 1.82) is 0 Å². The molecule has 0 fully saturated rings. The summed E-state index contributed by atoms with van der Waals surface area (Å²) in [5.74, 6) is 0.605. The largest absolute Gasteiger partial charge is 0.492 e. The molecule has 0 saturated carbocycles. The SMILES string of the molecule is CC(F)(F)Oc1ccc(-c2cc(CNS(=O)(=O)CCl)c(CO)c3c2OCC3)cc1. The number of aliphatic hydroxyl groups excluding tert-OH is 1. The molecule has 0 unspecified atom stereocenters. The molecule has 1 aliphatic heterocycles. The standard InChI is InChI=1S/C19H20ClF2NO5S/c1-19(21,22)28-14-4-2-12(3-5-14)16-8-13(9-23-29(25,26)11-20)17(10-24)15-6-7-27-18(15)16/h2-5,8,23-24H,6-7,9-11H2,1H3. The average molecular weight is 448 g/mol. The van der Waals surface area contributed by atoms with Gasteiger partial charge in [-0.25, -0.2) is 13.1 Å². The van der Waals surface area contributed by atoms with Crippen LogP contribution in [0.1, 0.15) is 23.6 Å². The maximum absolute atomic E-state index is 13.0. The van der Waals surface area contributed by atoms with Gasteiger partial charge >= 0.3 is 6.11 Å². The molecule has 3 rings (SSSR count). The molecule has 0 aromatic heterocycles. The molecule has 0 radical (unpaired) electrons. The molecule has 0 amide bonds. The maximum Gasteiger partial charge on any atom is 0.394 e. The second-order valence-electron chi connectivity index (χ2n) is 6.61. The van der Waals surface area contributed by atoms with Crippen molar-refractivity contribution in [3.05, 3.63) is 47.0 Å². The molecule has 1 aliphatic rings. The minimum atomic E-state index is -3.64. The van der Waals surface area contributed by atoms with Gasteiger partial charge in [-0.15, -0.1) is 11.6 Å². The zero-order valence-corrected chi connectivity index (χ0v) is 17.1. The van der Waals surface area contributed by atoms with Gasteiger partial charge in [0, 0.05) is 31.0 Å². The van der Waals surface area contributed by atoms with Gasteiger partial charge in [-0.3, -0.25) is 0 Å². The van der Waals surface area contributed by atoms with Gasteiger partial charge < -0.3 is 14.6 Å². The second-order valence-corrected chi connectivity index (χ2v) is 9.00. The third-order valence-electron chi connectivity index (χ3n) is 4.43. The first-order valence-electron chi connectivity index (χ1n) is 8.75. The summed E-state index contributed by atoms with van der Waals surface area (Å²) in [4.78, 5) is 0. The number of benzene rings is 2. The van der Waals surface area contributed by atoms with E-state index in [4.69, 9.17) is 16.3 Å². The van der Waals surface area contributed by atoms with E-state index in [0.717, 1.165) is 5.56 Å². The second kappa shape index (κ2) is 8.43. The summed E-state index contributed by atoms with van der Waals surface area (Å²) < 4.78 is 62.1. The van der Waals surface area contributed by atoms with Crippen molar-refractivity contribution >= 4 is 21.6 Å². The zero-order valence-electron chi connectivity index (χ0n) is 15.5. The predicted molar refractivity (Wildman–Crippen MR) is 105 cm³/mol. The van der Waals surface area contributed by atoms with Gasteiger partial charge in [-0.2, -0.15) is 8.78 Å². The number of nitrogens with one attached hydrogen (secondary N) is 1. The van der Waals surface area contributed by atoms with Crippen LogP contribution in [0.15, 0.2) is 30.3 Å². The highest BCUT2D eigenvalue weighted by molar-refractivity contribution is 7.90. The van der Waals surface area contributed by atoms with Crippen LogP contribution in [-0.4, -0.2) is 31.5 Å². The molecule has 2 aromatic rings. The van der Waals surface area contributed by atoms with E-state index >= 15 is 0 Å². The van der Waals surface area contributed by atoms with Crippen molar-refractivity contribution < 1.29 is 31.8 Å². The summed E-state index contributed by atoms with van der Waals surface area (Å²) in [6, 6.07) is 7.79. The summed E-state index contributed by atoms with van der Waals surface area (Å²) in [5.41, 5.74) is 3.33. The normalized spacial score (nSPS) is 13.8. The first kappa shape index (κ1) is 21.8. The van der Waals surface area contributed by atoms with Crippen molar-refractivity contribution in [2.75, 3.05) is 11.8 Å². The molecular weight excluding hydrogens is 428 g/mol. The van der Waals surface area contributed by atoms with E-state index < -0.39 is 21.3 Å². The third-order valence-corrected chi connectivity index (χ3v) is 6.17. The lowest BCUT2D eigenvalue weighted by Crippen LogP contribution is -2.24. The van der Waals surface area contributed by atoms with Gasteiger partial charge in [0.25, 0.3) is 0 Å². The Kier molecular flexibility index (Phi) is 6.33. The van der Waals surface area contributed by atoms with E-state index in [1.807, 2.05) is 0 Å². The number of aliphatic hydroxyl groups is 1. The molecular formula is C19H20ClF2NO5S. The number of sulfonamides is 1. The van der Waals surface area contributed by atoms with E-state index in [2.05, 4.69) is 9.46 Å². The molecule has 0 spiro atoms. The number of halogens is 3. The molecule has 2 aromatic carbocycles. The molecule has 29 heavy (non-hydrogen) atoms. The Bertz CT molecular complexity index is 991. The number of ether oxygens (including phenoxy) is 2. The van der Waals surface area contributed by atoms with Crippen LogP contribution in [0.25, 0.3) is 11.1 Å². The van der Waals surface area contributed by atoms with Crippen molar-refractivity contribution in [3.8, 4) is 22.6 Å². The fourth-order valence-corrected chi connectivity index (χ4v) is 3.89. The quantitative estimate of drug-likeness (QED) is 0.606. The van der Waals surface area contributed by atoms with Crippen LogP contribution in [0, 0.1) is 0 Å². The van der Waals surface area contributed by atoms with E-state index in [9.17, 15) is 22.3 Å². The average Bonchev–Trinajstić information content (AvgIpc) is 3.14. The molecule has 2 N–H and O–H groups in total.